The van der Waals surface area contributed by atoms with Crippen LogP contribution < -0.4 is 4.74 Å². The largest absolute Gasteiger partial charge is 0.483 e. The first-order valence-electron chi connectivity index (χ1n) is 8.41. The van der Waals surface area contributed by atoms with Crippen LogP contribution >= 0.6 is 11.6 Å². The number of aromatic nitrogens is 2. The molecule has 0 unspecified atom stereocenters. The summed E-state index contributed by atoms with van der Waals surface area (Å²) >= 11 is 5.93. The van der Waals surface area contributed by atoms with Gasteiger partial charge in [0.05, 0.1) is 5.69 Å². The molecule has 0 saturated carbocycles. The SMILES string of the molecule is CCCCCc1c(C)nn(C(=O)COc2ccc(Cl)cc2C)c1C. The highest BCUT2D eigenvalue weighted by atomic mass is 35.5. The molecule has 1 heterocycles. The minimum absolute atomic E-state index is 0.0428. The molecule has 0 bridgehead atoms. The summed E-state index contributed by atoms with van der Waals surface area (Å²) in [6.07, 6.45) is 4.46. The Labute approximate surface area is 148 Å². The average Bonchev–Trinajstić information content (AvgIpc) is 2.82. The van der Waals surface area contributed by atoms with Crippen molar-refractivity contribution in [1.29, 1.82) is 0 Å². The molecule has 0 amide bonds. The quantitative estimate of drug-likeness (QED) is 0.667. The molecule has 1 aromatic carbocycles. The third kappa shape index (κ3) is 4.38. The van der Waals surface area contributed by atoms with E-state index >= 15 is 0 Å². The van der Waals surface area contributed by atoms with Crippen molar-refractivity contribution in [3.05, 3.63) is 45.7 Å². The maximum Gasteiger partial charge on any atom is 0.284 e. The lowest BCUT2D eigenvalue weighted by Gasteiger charge is -2.09. The summed E-state index contributed by atoms with van der Waals surface area (Å²) in [4.78, 5) is 12.5. The Morgan fingerprint density at radius 2 is 2.00 bits per heavy atom. The van der Waals surface area contributed by atoms with Crippen molar-refractivity contribution in [3.8, 4) is 5.75 Å². The second-order valence-electron chi connectivity index (χ2n) is 6.11. The predicted molar refractivity (Wildman–Crippen MR) is 97.2 cm³/mol. The second-order valence-corrected chi connectivity index (χ2v) is 6.55. The minimum Gasteiger partial charge on any atom is -0.483 e. The van der Waals surface area contributed by atoms with Gasteiger partial charge in [0.2, 0.25) is 0 Å². The van der Waals surface area contributed by atoms with Gasteiger partial charge in [-0.2, -0.15) is 5.10 Å². The summed E-state index contributed by atoms with van der Waals surface area (Å²) in [5.41, 5.74) is 3.94. The molecule has 0 saturated heterocycles. The van der Waals surface area contributed by atoms with Crippen molar-refractivity contribution in [1.82, 2.24) is 9.78 Å². The van der Waals surface area contributed by atoms with Crippen LogP contribution in [0.1, 0.15) is 53.5 Å². The molecule has 2 aromatic rings. The number of halogens is 1. The van der Waals surface area contributed by atoms with Crippen LogP contribution in [0.4, 0.5) is 0 Å². The van der Waals surface area contributed by atoms with Gasteiger partial charge >= 0.3 is 0 Å². The number of benzene rings is 1. The highest BCUT2D eigenvalue weighted by Gasteiger charge is 2.17. The topological polar surface area (TPSA) is 44.1 Å². The number of rotatable bonds is 7. The van der Waals surface area contributed by atoms with Gasteiger partial charge < -0.3 is 4.74 Å². The van der Waals surface area contributed by atoms with Gasteiger partial charge in [-0.25, -0.2) is 4.68 Å². The molecule has 0 aliphatic heterocycles. The van der Waals surface area contributed by atoms with Gasteiger partial charge in [-0.1, -0.05) is 31.4 Å². The van der Waals surface area contributed by atoms with Crippen LogP contribution in [0.3, 0.4) is 0 Å². The van der Waals surface area contributed by atoms with Crippen LogP contribution in [0.15, 0.2) is 18.2 Å². The molecule has 5 heteroatoms. The maximum absolute atomic E-state index is 12.5. The lowest BCUT2D eigenvalue weighted by Crippen LogP contribution is -2.22. The molecule has 0 aliphatic carbocycles. The Hall–Kier alpha value is -1.81. The van der Waals surface area contributed by atoms with Crippen LogP contribution in [0, 0.1) is 20.8 Å². The fraction of sp³-hybridized carbons (Fsp3) is 0.474. The van der Waals surface area contributed by atoms with E-state index in [1.165, 1.54) is 23.1 Å². The molecule has 2 rings (SSSR count). The maximum atomic E-state index is 12.5. The highest BCUT2D eigenvalue weighted by Crippen LogP contribution is 2.22. The first kappa shape index (κ1) is 18.5. The number of carbonyl (C=O) groups is 1. The highest BCUT2D eigenvalue weighted by molar-refractivity contribution is 6.30. The van der Waals surface area contributed by atoms with Gasteiger partial charge in [-0.05, 0) is 62.9 Å². The van der Waals surface area contributed by atoms with E-state index in [2.05, 4.69) is 12.0 Å². The first-order chi connectivity index (χ1) is 11.4. The lowest BCUT2D eigenvalue weighted by molar-refractivity contribution is 0.0817. The molecule has 24 heavy (non-hydrogen) atoms. The molecule has 4 nitrogen and oxygen atoms in total. The fourth-order valence-electron chi connectivity index (χ4n) is 2.81. The Morgan fingerprint density at radius 3 is 2.67 bits per heavy atom. The van der Waals surface area contributed by atoms with E-state index in [1.54, 1.807) is 12.1 Å². The van der Waals surface area contributed by atoms with E-state index in [4.69, 9.17) is 16.3 Å². The van der Waals surface area contributed by atoms with E-state index in [9.17, 15) is 4.79 Å². The summed E-state index contributed by atoms with van der Waals surface area (Å²) in [6.45, 7) is 7.96. The number of hydrogen-bond acceptors (Lipinski definition) is 3. The number of ether oxygens (including phenoxy) is 1. The van der Waals surface area contributed by atoms with Gasteiger partial charge in [-0.15, -0.1) is 0 Å². The van der Waals surface area contributed by atoms with E-state index in [-0.39, 0.29) is 12.5 Å². The molecule has 0 atom stereocenters. The molecular formula is C19H25ClN2O2. The van der Waals surface area contributed by atoms with Gasteiger partial charge in [0.25, 0.3) is 5.91 Å². The van der Waals surface area contributed by atoms with Gasteiger partial charge in [0.15, 0.2) is 6.61 Å². The summed E-state index contributed by atoms with van der Waals surface area (Å²) in [5, 5.41) is 5.06. The van der Waals surface area contributed by atoms with E-state index in [1.807, 2.05) is 26.8 Å². The summed E-state index contributed by atoms with van der Waals surface area (Å²) in [5.74, 6) is 0.504. The number of nitrogens with zero attached hydrogens (tertiary/aromatic N) is 2. The molecule has 130 valence electrons. The molecular weight excluding hydrogens is 324 g/mol. The lowest BCUT2D eigenvalue weighted by atomic mass is 10.1. The molecule has 1 aromatic heterocycles. The smallest absolute Gasteiger partial charge is 0.284 e. The number of hydrogen-bond donors (Lipinski definition) is 0. The van der Waals surface area contributed by atoms with Gasteiger partial charge in [0.1, 0.15) is 5.75 Å². The molecule has 0 fully saturated rings. The van der Waals surface area contributed by atoms with E-state index in [0.29, 0.717) is 10.8 Å². The molecule has 0 radical (unpaired) electrons. The Kier molecular flexibility index (Phi) is 6.44. The number of unbranched alkanes of at least 4 members (excludes halogenated alkanes) is 2. The zero-order chi connectivity index (χ0) is 17.7. The zero-order valence-corrected chi connectivity index (χ0v) is 15.6. The third-order valence-corrected chi connectivity index (χ3v) is 4.43. The van der Waals surface area contributed by atoms with E-state index < -0.39 is 0 Å². The summed E-state index contributed by atoms with van der Waals surface area (Å²) in [6, 6.07) is 5.35. The zero-order valence-electron chi connectivity index (χ0n) is 14.9. The van der Waals surface area contributed by atoms with Crippen LogP contribution in [0.2, 0.25) is 5.02 Å². The van der Waals surface area contributed by atoms with Crippen LogP contribution in [-0.2, 0) is 6.42 Å². The minimum atomic E-state index is -0.160. The van der Waals surface area contributed by atoms with Crippen molar-refractivity contribution in [2.24, 2.45) is 0 Å². The predicted octanol–water partition coefficient (Wildman–Crippen LogP) is 4.91. The fourth-order valence-corrected chi connectivity index (χ4v) is 3.03. The second kappa shape index (κ2) is 8.34. The van der Waals surface area contributed by atoms with Crippen LogP contribution in [-0.4, -0.2) is 22.3 Å². The van der Waals surface area contributed by atoms with Crippen molar-refractivity contribution >= 4 is 17.5 Å². The standard InChI is InChI=1S/C19H25ClN2O2/c1-5-6-7-8-17-14(3)21-22(15(17)4)19(23)12-24-18-10-9-16(20)11-13(18)2/h9-11H,5-8,12H2,1-4H3. The van der Waals surface area contributed by atoms with Crippen LogP contribution in [0.25, 0.3) is 0 Å². The average molecular weight is 349 g/mol. The van der Waals surface area contributed by atoms with Gasteiger partial charge in [0, 0.05) is 10.7 Å². The summed E-state index contributed by atoms with van der Waals surface area (Å²) in [7, 11) is 0. The first-order valence-corrected chi connectivity index (χ1v) is 8.79. The Balaban J connectivity index is 2.05. The Morgan fingerprint density at radius 1 is 1.25 bits per heavy atom. The molecule has 0 aliphatic rings. The molecule has 0 spiro atoms. The van der Waals surface area contributed by atoms with Crippen molar-refractivity contribution in [2.45, 2.75) is 53.4 Å². The van der Waals surface area contributed by atoms with Gasteiger partial charge in [-0.3, -0.25) is 4.79 Å². The van der Waals surface area contributed by atoms with E-state index in [0.717, 1.165) is 29.8 Å². The monoisotopic (exact) mass is 348 g/mol. The number of aryl methyl sites for hydroxylation is 2. The normalized spacial score (nSPS) is 10.9. The summed E-state index contributed by atoms with van der Waals surface area (Å²) < 4.78 is 7.12. The van der Waals surface area contributed by atoms with Crippen molar-refractivity contribution in [2.75, 3.05) is 6.61 Å². The van der Waals surface area contributed by atoms with Crippen molar-refractivity contribution < 1.29 is 9.53 Å². The number of carbonyl (C=O) groups excluding carboxylic acids is 1. The Bertz CT molecular complexity index is 722. The third-order valence-electron chi connectivity index (χ3n) is 4.20. The van der Waals surface area contributed by atoms with Crippen molar-refractivity contribution in [3.63, 3.8) is 0 Å². The molecule has 0 N–H and O–H groups in total. The van der Waals surface area contributed by atoms with Crippen LogP contribution in [0.5, 0.6) is 5.75 Å².